The van der Waals surface area contributed by atoms with E-state index in [9.17, 15) is 9.18 Å². The molecule has 0 saturated heterocycles. The van der Waals surface area contributed by atoms with Crippen molar-refractivity contribution < 1.29 is 9.18 Å². The van der Waals surface area contributed by atoms with Crippen LogP contribution in [0.25, 0.3) is 5.69 Å². The molecule has 0 fully saturated rings. The van der Waals surface area contributed by atoms with E-state index < -0.39 is 0 Å². The van der Waals surface area contributed by atoms with E-state index in [4.69, 9.17) is 0 Å². The Hall–Kier alpha value is -2.82. The summed E-state index contributed by atoms with van der Waals surface area (Å²) in [5.74, 6) is -0.287. The summed E-state index contributed by atoms with van der Waals surface area (Å²) in [5, 5.41) is 8.07. The van der Waals surface area contributed by atoms with Gasteiger partial charge in [0.05, 0.1) is 11.4 Å². The number of aryl methyl sites for hydroxylation is 2. The standard InChI is InChI=1S/C18H16FN3O/c1-12-7-13(2)9-16(8-12)22-18(17(11-23)20-21-22)10-14-3-5-15(19)6-4-14/h3-9,11H,10H2,1-2H3. The van der Waals surface area contributed by atoms with Crippen LogP contribution in [0, 0.1) is 19.7 Å². The molecular formula is C18H16FN3O. The van der Waals surface area contributed by atoms with Crippen molar-refractivity contribution in [2.75, 3.05) is 0 Å². The van der Waals surface area contributed by atoms with Crippen LogP contribution in [0.5, 0.6) is 0 Å². The zero-order chi connectivity index (χ0) is 16.4. The van der Waals surface area contributed by atoms with Gasteiger partial charge < -0.3 is 0 Å². The lowest BCUT2D eigenvalue weighted by atomic mass is 10.1. The number of benzene rings is 2. The second kappa shape index (κ2) is 6.12. The van der Waals surface area contributed by atoms with Crippen molar-refractivity contribution >= 4 is 6.29 Å². The van der Waals surface area contributed by atoms with E-state index in [0.29, 0.717) is 24.1 Å². The molecule has 0 aliphatic rings. The molecule has 1 aromatic heterocycles. The van der Waals surface area contributed by atoms with Gasteiger partial charge in [0, 0.05) is 6.42 Å². The number of hydrogen-bond donors (Lipinski definition) is 0. The zero-order valence-electron chi connectivity index (χ0n) is 13.0. The van der Waals surface area contributed by atoms with Gasteiger partial charge in [0.2, 0.25) is 0 Å². The molecule has 0 unspecified atom stereocenters. The Kier molecular flexibility index (Phi) is 4.02. The van der Waals surface area contributed by atoms with Gasteiger partial charge in [-0.05, 0) is 54.8 Å². The van der Waals surface area contributed by atoms with Crippen LogP contribution in [0.2, 0.25) is 0 Å². The Morgan fingerprint density at radius 3 is 2.35 bits per heavy atom. The lowest BCUT2D eigenvalue weighted by Gasteiger charge is -2.09. The summed E-state index contributed by atoms with van der Waals surface area (Å²) >= 11 is 0. The molecule has 0 N–H and O–H groups in total. The summed E-state index contributed by atoms with van der Waals surface area (Å²) in [6.45, 7) is 4.02. The third kappa shape index (κ3) is 3.18. The smallest absolute Gasteiger partial charge is 0.172 e. The maximum Gasteiger partial charge on any atom is 0.172 e. The van der Waals surface area contributed by atoms with Gasteiger partial charge in [0.15, 0.2) is 6.29 Å². The quantitative estimate of drug-likeness (QED) is 0.694. The summed E-state index contributed by atoms with van der Waals surface area (Å²) in [6.07, 6.45) is 1.15. The maximum atomic E-state index is 13.1. The third-order valence-corrected chi connectivity index (χ3v) is 3.64. The monoisotopic (exact) mass is 309 g/mol. The van der Waals surface area contributed by atoms with E-state index in [1.165, 1.54) is 12.1 Å². The van der Waals surface area contributed by atoms with Crippen LogP contribution in [0.15, 0.2) is 42.5 Å². The maximum absolute atomic E-state index is 13.1. The van der Waals surface area contributed by atoms with Crippen molar-refractivity contribution in [2.24, 2.45) is 0 Å². The van der Waals surface area contributed by atoms with Crippen molar-refractivity contribution in [1.82, 2.24) is 15.0 Å². The second-order valence-corrected chi connectivity index (χ2v) is 5.60. The first-order valence-corrected chi connectivity index (χ1v) is 7.29. The predicted octanol–water partition coefficient (Wildman–Crippen LogP) is 3.43. The van der Waals surface area contributed by atoms with Gasteiger partial charge in [-0.15, -0.1) is 5.10 Å². The summed E-state index contributed by atoms with van der Waals surface area (Å²) in [6, 6.07) is 12.3. The van der Waals surface area contributed by atoms with E-state index in [-0.39, 0.29) is 5.82 Å². The highest BCUT2D eigenvalue weighted by molar-refractivity contribution is 5.73. The highest BCUT2D eigenvalue weighted by Gasteiger charge is 2.15. The number of carbonyl (C=O) groups is 1. The van der Waals surface area contributed by atoms with Gasteiger partial charge in [0.25, 0.3) is 0 Å². The number of carbonyl (C=O) groups excluding carboxylic acids is 1. The van der Waals surface area contributed by atoms with Gasteiger partial charge in [-0.25, -0.2) is 9.07 Å². The molecule has 0 aliphatic carbocycles. The van der Waals surface area contributed by atoms with Crippen molar-refractivity contribution in [2.45, 2.75) is 20.3 Å². The minimum atomic E-state index is -0.287. The van der Waals surface area contributed by atoms with Gasteiger partial charge in [-0.3, -0.25) is 4.79 Å². The van der Waals surface area contributed by atoms with Crippen LogP contribution in [0.4, 0.5) is 4.39 Å². The first-order chi connectivity index (χ1) is 11.1. The number of rotatable bonds is 4. The topological polar surface area (TPSA) is 47.8 Å². The lowest BCUT2D eigenvalue weighted by Crippen LogP contribution is -2.05. The molecule has 5 heteroatoms. The Morgan fingerprint density at radius 1 is 1.09 bits per heavy atom. The van der Waals surface area contributed by atoms with E-state index in [2.05, 4.69) is 16.4 Å². The molecule has 116 valence electrons. The lowest BCUT2D eigenvalue weighted by molar-refractivity contribution is 0.111. The normalized spacial score (nSPS) is 10.7. The molecule has 2 aromatic carbocycles. The van der Waals surface area contributed by atoms with Crippen molar-refractivity contribution in [3.63, 3.8) is 0 Å². The summed E-state index contributed by atoms with van der Waals surface area (Å²) < 4.78 is 14.7. The van der Waals surface area contributed by atoms with Crippen molar-refractivity contribution in [3.8, 4) is 5.69 Å². The van der Waals surface area contributed by atoms with Crippen LogP contribution in [-0.4, -0.2) is 21.3 Å². The molecule has 4 nitrogen and oxygen atoms in total. The van der Waals surface area contributed by atoms with Crippen LogP contribution in [0.3, 0.4) is 0 Å². The van der Waals surface area contributed by atoms with Crippen molar-refractivity contribution in [1.29, 1.82) is 0 Å². The number of aromatic nitrogens is 3. The summed E-state index contributed by atoms with van der Waals surface area (Å²) in [7, 11) is 0. The van der Waals surface area contributed by atoms with Gasteiger partial charge in [-0.1, -0.05) is 23.4 Å². The number of hydrogen-bond acceptors (Lipinski definition) is 3. The van der Waals surface area contributed by atoms with E-state index in [1.54, 1.807) is 16.8 Å². The van der Waals surface area contributed by atoms with Crippen molar-refractivity contribution in [3.05, 3.63) is 76.4 Å². The van der Waals surface area contributed by atoms with Crippen LogP contribution in [0.1, 0.15) is 32.9 Å². The van der Waals surface area contributed by atoms with E-state index >= 15 is 0 Å². The molecule has 0 amide bonds. The number of aldehydes is 1. The van der Waals surface area contributed by atoms with Gasteiger partial charge >= 0.3 is 0 Å². The second-order valence-electron chi connectivity index (χ2n) is 5.60. The molecule has 1 heterocycles. The van der Waals surface area contributed by atoms with E-state index in [1.807, 2.05) is 26.0 Å². The molecule has 3 rings (SSSR count). The predicted molar refractivity (Wildman–Crippen MR) is 85.4 cm³/mol. The minimum Gasteiger partial charge on any atom is -0.296 e. The molecule has 3 aromatic rings. The molecule has 0 spiro atoms. The fraction of sp³-hybridized carbons (Fsp3) is 0.167. The molecule has 0 bridgehead atoms. The minimum absolute atomic E-state index is 0.287. The van der Waals surface area contributed by atoms with Gasteiger partial charge in [0.1, 0.15) is 11.5 Å². The summed E-state index contributed by atoms with van der Waals surface area (Å²) in [5.41, 5.74) is 4.96. The Labute approximate surface area is 133 Å². The molecule has 0 aliphatic heterocycles. The molecular weight excluding hydrogens is 293 g/mol. The molecule has 0 saturated carbocycles. The average molecular weight is 309 g/mol. The average Bonchev–Trinajstić information content (AvgIpc) is 2.91. The molecule has 23 heavy (non-hydrogen) atoms. The number of nitrogens with zero attached hydrogens (tertiary/aromatic N) is 3. The molecule has 0 radical (unpaired) electrons. The van der Waals surface area contributed by atoms with Crippen LogP contribution in [-0.2, 0) is 6.42 Å². The SMILES string of the molecule is Cc1cc(C)cc(-n2nnc(C=O)c2Cc2ccc(F)cc2)c1. The first kappa shape index (κ1) is 15.1. The fourth-order valence-electron chi connectivity index (χ4n) is 2.65. The highest BCUT2D eigenvalue weighted by Crippen LogP contribution is 2.19. The first-order valence-electron chi connectivity index (χ1n) is 7.29. The van der Waals surface area contributed by atoms with Crippen LogP contribution < -0.4 is 0 Å². The zero-order valence-corrected chi connectivity index (χ0v) is 13.0. The van der Waals surface area contributed by atoms with E-state index in [0.717, 1.165) is 22.4 Å². The third-order valence-electron chi connectivity index (χ3n) is 3.64. The fourth-order valence-corrected chi connectivity index (χ4v) is 2.65. The largest absolute Gasteiger partial charge is 0.296 e. The Morgan fingerprint density at radius 2 is 1.74 bits per heavy atom. The Balaban J connectivity index is 2.06. The molecule has 0 atom stereocenters. The number of halogens is 1. The summed E-state index contributed by atoms with van der Waals surface area (Å²) in [4.78, 5) is 11.3. The Bertz CT molecular complexity index is 833. The highest BCUT2D eigenvalue weighted by atomic mass is 19.1. The van der Waals surface area contributed by atoms with Gasteiger partial charge in [-0.2, -0.15) is 0 Å². The van der Waals surface area contributed by atoms with Crippen LogP contribution >= 0.6 is 0 Å².